The molecule has 0 amide bonds. The molecular weight excluding hydrogens is 288 g/mol. The summed E-state index contributed by atoms with van der Waals surface area (Å²) in [6.45, 7) is 4.19. The summed E-state index contributed by atoms with van der Waals surface area (Å²) in [5.41, 5.74) is 3.35. The molecule has 20 heavy (non-hydrogen) atoms. The summed E-state index contributed by atoms with van der Waals surface area (Å²) < 4.78 is 2.41. The van der Waals surface area contributed by atoms with Crippen LogP contribution in [0.4, 0.5) is 5.69 Å². The molecule has 0 unspecified atom stereocenters. The first kappa shape index (κ1) is 13.9. The van der Waals surface area contributed by atoms with Crippen LogP contribution >= 0.6 is 22.9 Å². The molecule has 2 nitrogen and oxygen atoms in total. The lowest BCUT2D eigenvalue weighted by atomic mass is 10.2. The Balaban J connectivity index is 2.05. The first-order chi connectivity index (χ1) is 9.65. The Hall–Kier alpha value is -1.06. The lowest BCUT2D eigenvalue weighted by Crippen LogP contribution is -2.20. The van der Waals surface area contributed by atoms with E-state index in [2.05, 4.69) is 16.9 Å². The van der Waals surface area contributed by atoms with E-state index in [1.807, 2.05) is 25.1 Å². The molecule has 1 aliphatic rings. The molecule has 0 radical (unpaired) electrons. The molecule has 1 aromatic heterocycles. The van der Waals surface area contributed by atoms with Crippen molar-refractivity contribution >= 4 is 28.6 Å². The van der Waals surface area contributed by atoms with Gasteiger partial charge in [-0.15, -0.1) is 11.3 Å². The zero-order valence-corrected chi connectivity index (χ0v) is 13.5. The average molecular weight is 307 g/mol. The van der Waals surface area contributed by atoms with E-state index in [1.165, 1.54) is 31.4 Å². The first-order valence-electron chi connectivity index (χ1n) is 7.12. The molecule has 1 saturated carbocycles. The van der Waals surface area contributed by atoms with Crippen molar-refractivity contribution in [3.05, 3.63) is 44.7 Å². The van der Waals surface area contributed by atoms with Gasteiger partial charge in [0.2, 0.25) is 0 Å². The summed E-state index contributed by atoms with van der Waals surface area (Å²) in [4.78, 5) is 5.90. The predicted molar refractivity (Wildman–Crippen MR) is 86.0 cm³/mol. The van der Waals surface area contributed by atoms with Crippen molar-refractivity contribution in [2.75, 3.05) is 0 Å². The van der Waals surface area contributed by atoms with Crippen molar-refractivity contribution in [1.82, 2.24) is 4.57 Å². The summed E-state index contributed by atoms with van der Waals surface area (Å²) in [6.07, 6.45) is 5.23. The molecule has 106 valence electrons. The van der Waals surface area contributed by atoms with E-state index >= 15 is 0 Å². The molecule has 1 heterocycles. The van der Waals surface area contributed by atoms with E-state index in [1.54, 1.807) is 11.3 Å². The SMILES string of the molecule is Cc1ccc(N=c2scc(C)n2C2CCCC2)cc1Cl. The Kier molecular flexibility index (Phi) is 3.99. The van der Waals surface area contributed by atoms with Crippen LogP contribution in [-0.4, -0.2) is 4.57 Å². The number of benzene rings is 1. The van der Waals surface area contributed by atoms with Crippen LogP contribution < -0.4 is 4.80 Å². The molecule has 1 aliphatic carbocycles. The highest BCUT2D eigenvalue weighted by Crippen LogP contribution is 2.30. The molecule has 0 atom stereocenters. The molecule has 0 N–H and O–H groups in total. The number of thiazole rings is 1. The molecule has 0 spiro atoms. The maximum absolute atomic E-state index is 6.19. The summed E-state index contributed by atoms with van der Waals surface area (Å²) in [5, 5.41) is 2.99. The van der Waals surface area contributed by atoms with Crippen molar-refractivity contribution in [2.24, 2.45) is 4.99 Å². The standard InChI is InChI=1S/C16H19ClN2S/c1-11-7-8-13(9-15(11)17)18-16-19(12(2)10-20-16)14-5-3-4-6-14/h7-10,14H,3-6H2,1-2H3. The fourth-order valence-electron chi connectivity index (χ4n) is 2.85. The van der Waals surface area contributed by atoms with Crippen LogP contribution in [0, 0.1) is 13.8 Å². The van der Waals surface area contributed by atoms with Crippen LogP contribution in [0.5, 0.6) is 0 Å². The van der Waals surface area contributed by atoms with Crippen LogP contribution in [0.15, 0.2) is 28.6 Å². The van der Waals surface area contributed by atoms with Gasteiger partial charge in [0.05, 0.1) is 5.69 Å². The van der Waals surface area contributed by atoms with Gasteiger partial charge < -0.3 is 4.57 Å². The maximum atomic E-state index is 6.19. The Morgan fingerprint density at radius 3 is 2.70 bits per heavy atom. The number of aromatic nitrogens is 1. The van der Waals surface area contributed by atoms with Gasteiger partial charge in [-0.25, -0.2) is 4.99 Å². The van der Waals surface area contributed by atoms with Gasteiger partial charge in [-0.2, -0.15) is 0 Å². The van der Waals surface area contributed by atoms with E-state index in [9.17, 15) is 0 Å². The van der Waals surface area contributed by atoms with Gasteiger partial charge in [-0.1, -0.05) is 30.5 Å². The van der Waals surface area contributed by atoms with Crippen LogP contribution in [0.2, 0.25) is 5.02 Å². The van der Waals surface area contributed by atoms with Crippen molar-refractivity contribution in [3.8, 4) is 0 Å². The maximum Gasteiger partial charge on any atom is 0.190 e. The van der Waals surface area contributed by atoms with Gasteiger partial charge in [0.1, 0.15) is 0 Å². The molecule has 3 rings (SSSR count). The normalized spacial score (nSPS) is 17.1. The Labute approximate surface area is 128 Å². The average Bonchev–Trinajstić information content (AvgIpc) is 3.04. The van der Waals surface area contributed by atoms with E-state index in [0.717, 1.165) is 21.1 Å². The second-order valence-corrected chi connectivity index (χ2v) is 6.76. The molecule has 1 aromatic carbocycles. The summed E-state index contributed by atoms with van der Waals surface area (Å²) in [7, 11) is 0. The third-order valence-electron chi connectivity index (χ3n) is 3.99. The third-order valence-corrected chi connectivity index (χ3v) is 5.36. The third kappa shape index (κ3) is 2.70. The molecule has 1 fully saturated rings. The summed E-state index contributed by atoms with van der Waals surface area (Å²) in [5.74, 6) is 0. The topological polar surface area (TPSA) is 17.3 Å². The monoisotopic (exact) mass is 306 g/mol. The van der Waals surface area contributed by atoms with Crippen LogP contribution in [0.1, 0.15) is 43.0 Å². The highest BCUT2D eigenvalue weighted by Gasteiger charge is 2.19. The van der Waals surface area contributed by atoms with E-state index in [-0.39, 0.29) is 0 Å². The highest BCUT2D eigenvalue weighted by atomic mass is 35.5. The Bertz CT molecular complexity index is 678. The van der Waals surface area contributed by atoms with Crippen molar-refractivity contribution in [2.45, 2.75) is 45.6 Å². The quantitative estimate of drug-likeness (QED) is 0.728. The molecule has 0 saturated heterocycles. The van der Waals surface area contributed by atoms with E-state index < -0.39 is 0 Å². The van der Waals surface area contributed by atoms with Gasteiger partial charge in [-0.05, 0) is 44.4 Å². The number of hydrogen-bond acceptors (Lipinski definition) is 2. The van der Waals surface area contributed by atoms with Crippen molar-refractivity contribution < 1.29 is 0 Å². The van der Waals surface area contributed by atoms with Gasteiger partial charge in [-0.3, -0.25) is 0 Å². The van der Waals surface area contributed by atoms with E-state index in [4.69, 9.17) is 16.6 Å². The number of rotatable bonds is 2. The second-order valence-electron chi connectivity index (χ2n) is 5.51. The number of halogens is 1. The molecule has 4 heteroatoms. The minimum absolute atomic E-state index is 0.626. The predicted octanol–water partition coefficient (Wildman–Crippen LogP) is 5.17. The van der Waals surface area contributed by atoms with Crippen molar-refractivity contribution in [3.63, 3.8) is 0 Å². The zero-order valence-electron chi connectivity index (χ0n) is 11.9. The number of aryl methyl sites for hydroxylation is 2. The molecule has 0 bridgehead atoms. The highest BCUT2D eigenvalue weighted by molar-refractivity contribution is 7.07. The smallest absolute Gasteiger partial charge is 0.190 e. The van der Waals surface area contributed by atoms with Gasteiger partial charge in [0, 0.05) is 22.1 Å². The zero-order chi connectivity index (χ0) is 14.1. The van der Waals surface area contributed by atoms with Crippen molar-refractivity contribution in [1.29, 1.82) is 0 Å². The van der Waals surface area contributed by atoms with Crippen LogP contribution in [0.25, 0.3) is 0 Å². The fourth-order valence-corrected chi connectivity index (χ4v) is 3.98. The lowest BCUT2D eigenvalue weighted by Gasteiger charge is -2.13. The number of hydrogen-bond donors (Lipinski definition) is 0. The molecular formula is C16H19ClN2S. The van der Waals surface area contributed by atoms with Gasteiger partial charge >= 0.3 is 0 Å². The minimum Gasteiger partial charge on any atom is -0.318 e. The molecule has 0 aliphatic heterocycles. The van der Waals surface area contributed by atoms with Crippen LogP contribution in [0.3, 0.4) is 0 Å². The Morgan fingerprint density at radius 2 is 2.00 bits per heavy atom. The molecule has 2 aromatic rings. The first-order valence-corrected chi connectivity index (χ1v) is 8.38. The largest absolute Gasteiger partial charge is 0.318 e. The summed E-state index contributed by atoms with van der Waals surface area (Å²) in [6, 6.07) is 6.64. The van der Waals surface area contributed by atoms with Gasteiger partial charge in [0.25, 0.3) is 0 Å². The second kappa shape index (κ2) is 5.74. The van der Waals surface area contributed by atoms with Crippen LogP contribution in [-0.2, 0) is 0 Å². The lowest BCUT2D eigenvalue weighted by molar-refractivity contribution is 0.496. The minimum atomic E-state index is 0.626. The fraction of sp³-hybridized carbons (Fsp3) is 0.438. The van der Waals surface area contributed by atoms with E-state index in [0.29, 0.717) is 6.04 Å². The summed E-state index contributed by atoms with van der Waals surface area (Å²) >= 11 is 7.91. The van der Waals surface area contributed by atoms with Gasteiger partial charge in [0.15, 0.2) is 4.80 Å². The number of nitrogens with zero attached hydrogens (tertiary/aromatic N) is 2. The Morgan fingerprint density at radius 1 is 1.25 bits per heavy atom.